The molecule has 3 N–H and O–H groups in total. The van der Waals surface area contributed by atoms with Gasteiger partial charge in [-0.05, 0) is 18.1 Å². The monoisotopic (exact) mass is 330 g/mol. The molecule has 1 aliphatic rings. The number of hydrogen-bond acceptors (Lipinski definition) is 6. The number of fused-ring (bicyclic) bond motifs is 1. The summed E-state index contributed by atoms with van der Waals surface area (Å²) in [6, 6.07) is 2.72. The summed E-state index contributed by atoms with van der Waals surface area (Å²) in [5.74, 6) is 1.23. The summed E-state index contributed by atoms with van der Waals surface area (Å²) in [7, 11) is 0. The average molecular weight is 330 g/mol. The van der Waals surface area contributed by atoms with E-state index in [0.717, 1.165) is 37.7 Å². The van der Waals surface area contributed by atoms with E-state index in [-0.39, 0.29) is 23.4 Å². The molecule has 1 amide bonds. The molecule has 128 valence electrons. The SMILES string of the molecule is CC(C)[C@H](NC(=O)c1ncccc1O)c1nnc2n1CCNCC2. The number of carbonyl (C=O) groups is 1. The molecule has 1 atom stereocenters. The van der Waals surface area contributed by atoms with Crippen molar-refractivity contribution in [2.45, 2.75) is 32.9 Å². The van der Waals surface area contributed by atoms with Crippen molar-refractivity contribution in [1.82, 2.24) is 30.4 Å². The van der Waals surface area contributed by atoms with Gasteiger partial charge in [-0.3, -0.25) is 4.79 Å². The van der Waals surface area contributed by atoms with Crippen molar-refractivity contribution >= 4 is 5.91 Å². The maximum Gasteiger partial charge on any atom is 0.274 e. The number of pyridine rings is 1. The molecule has 8 heteroatoms. The van der Waals surface area contributed by atoms with Gasteiger partial charge in [-0.2, -0.15) is 0 Å². The average Bonchev–Trinajstić information content (AvgIpc) is 2.80. The number of aromatic hydroxyl groups is 1. The van der Waals surface area contributed by atoms with Gasteiger partial charge in [-0.15, -0.1) is 10.2 Å². The lowest BCUT2D eigenvalue weighted by Crippen LogP contribution is -2.34. The van der Waals surface area contributed by atoms with Crippen molar-refractivity contribution in [1.29, 1.82) is 0 Å². The maximum absolute atomic E-state index is 12.5. The zero-order valence-corrected chi connectivity index (χ0v) is 13.9. The predicted molar refractivity (Wildman–Crippen MR) is 87.5 cm³/mol. The molecular weight excluding hydrogens is 308 g/mol. The third-order valence-electron chi connectivity index (χ3n) is 4.13. The van der Waals surface area contributed by atoms with Gasteiger partial charge in [0.1, 0.15) is 11.6 Å². The smallest absolute Gasteiger partial charge is 0.274 e. The second-order valence-electron chi connectivity index (χ2n) is 6.19. The quantitative estimate of drug-likeness (QED) is 0.760. The number of rotatable bonds is 4. The first-order chi connectivity index (χ1) is 11.6. The third kappa shape index (κ3) is 3.23. The van der Waals surface area contributed by atoms with E-state index in [2.05, 4.69) is 30.4 Å². The van der Waals surface area contributed by atoms with Crippen LogP contribution in [0.4, 0.5) is 0 Å². The first-order valence-corrected chi connectivity index (χ1v) is 8.15. The number of nitrogens with zero attached hydrogens (tertiary/aromatic N) is 4. The van der Waals surface area contributed by atoms with Gasteiger partial charge in [0, 0.05) is 32.3 Å². The summed E-state index contributed by atoms with van der Waals surface area (Å²) in [6.45, 7) is 6.52. The molecule has 0 bridgehead atoms. The standard InChI is InChI=1S/C16H22N6O2/c1-10(2)13(19-16(24)14-11(23)4-3-6-18-14)15-21-20-12-5-7-17-8-9-22(12)15/h3-4,6,10,13,17,23H,5,7-9H2,1-2H3,(H,19,24)/t13-/m0/s1. The number of aromatic nitrogens is 4. The van der Waals surface area contributed by atoms with Crippen LogP contribution in [0.3, 0.4) is 0 Å². The van der Waals surface area contributed by atoms with Crippen molar-refractivity contribution in [3.8, 4) is 5.75 Å². The summed E-state index contributed by atoms with van der Waals surface area (Å²) in [6.07, 6.45) is 2.29. The molecule has 0 aromatic carbocycles. The van der Waals surface area contributed by atoms with Crippen molar-refractivity contribution in [2.75, 3.05) is 13.1 Å². The van der Waals surface area contributed by atoms with Crippen molar-refractivity contribution in [3.05, 3.63) is 35.7 Å². The van der Waals surface area contributed by atoms with Gasteiger partial charge < -0.3 is 20.3 Å². The molecule has 0 unspecified atom stereocenters. The van der Waals surface area contributed by atoms with E-state index in [1.807, 2.05) is 13.8 Å². The van der Waals surface area contributed by atoms with Crippen LogP contribution in [-0.2, 0) is 13.0 Å². The molecular formula is C16H22N6O2. The van der Waals surface area contributed by atoms with E-state index in [0.29, 0.717) is 0 Å². The highest BCUT2D eigenvalue weighted by Crippen LogP contribution is 2.23. The van der Waals surface area contributed by atoms with E-state index < -0.39 is 5.91 Å². The lowest BCUT2D eigenvalue weighted by atomic mass is 10.0. The minimum atomic E-state index is -0.420. The van der Waals surface area contributed by atoms with E-state index in [1.54, 1.807) is 6.07 Å². The van der Waals surface area contributed by atoms with Gasteiger partial charge in [0.05, 0.1) is 6.04 Å². The lowest BCUT2D eigenvalue weighted by Gasteiger charge is -2.22. The van der Waals surface area contributed by atoms with Gasteiger partial charge >= 0.3 is 0 Å². The van der Waals surface area contributed by atoms with Gasteiger partial charge in [-0.25, -0.2) is 4.98 Å². The molecule has 0 aliphatic carbocycles. The highest BCUT2D eigenvalue weighted by atomic mass is 16.3. The molecule has 0 saturated carbocycles. The summed E-state index contributed by atoms with van der Waals surface area (Å²) in [5, 5.41) is 24.7. The van der Waals surface area contributed by atoms with Crippen molar-refractivity contribution < 1.29 is 9.90 Å². The van der Waals surface area contributed by atoms with Crippen molar-refractivity contribution in [3.63, 3.8) is 0 Å². The van der Waals surface area contributed by atoms with E-state index in [4.69, 9.17) is 0 Å². The van der Waals surface area contributed by atoms with E-state index in [1.165, 1.54) is 12.3 Å². The first kappa shape index (κ1) is 16.4. The topological polar surface area (TPSA) is 105 Å². The molecule has 0 radical (unpaired) electrons. The third-order valence-corrected chi connectivity index (χ3v) is 4.13. The minimum absolute atomic E-state index is 0.0143. The fourth-order valence-corrected chi connectivity index (χ4v) is 2.83. The second-order valence-corrected chi connectivity index (χ2v) is 6.19. The Kier molecular flexibility index (Phi) is 4.75. The summed E-state index contributed by atoms with van der Waals surface area (Å²) < 4.78 is 2.07. The molecule has 3 rings (SSSR count). The molecule has 1 aliphatic heterocycles. The Morgan fingerprint density at radius 3 is 2.96 bits per heavy atom. The Labute approximate surface area is 140 Å². The Balaban J connectivity index is 1.87. The second kappa shape index (κ2) is 6.96. The molecule has 24 heavy (non-hydrogen) atoms. The normalized spacial score (nSPS) is 15.6. The molecule has 2 aromatic rings. The fraction of sp³-hybridized carbons (Fsp3) is 0.500. The van der Waals surface area contributed by atoms with Crippen LogP contribution in [0.25, 0.3) is 0 Å². The molecule has 3 heterocycles. The summed E-state index contributed by atoms with van der Waals surface area (Å²) >= 11 is 0. The van der Waals surface area contributed by atoms with Crippen LogP contribution >= 0.6 is 0 Å². The maximum atomic E-state index is 12.5. The predicted octanol–water partition coefficient (Wildman–Crippen LogP) is 0.651. The van der Waals surface area contributed by atoms with Gasteiger partial charge in [0.2, 0.25) is 0 Å². The molecule has 0 saturated heterocycles. The van der Waals surface area contributed by atoms with Crippen LogP contribution in [0.15, 0.2) is 18.3 Å². The Morgan fingerprint density at radius 2 is 2.21 bits per heavy atom. The van der Waals surface area contributed by atoms with E-state index in [9.17, 15) is 9.90 Å². The number of hydrogen-bond donors (Lipinski definition) is 3. The Morgan fingerprint density at radius 1 is 1.38 bits per heavy atom. The van der Waals surface area contributed by atoms with Crippen LogP contribution in [0.1, 0.15) is 42.0 Å². The number of nitrogens with one attached hydrogen (secondary N) is 2. The highest BCUT2D eigenvalue weighted by Gasteiger charge is 2.27. The fourth-order valence-electron chi connectivity index (χ4n) is 2.83. The van der Waals surface area contributed by atoms with Gasteiger partial charge in [0.25, 0.3) is 5.91 Å². The zero-order valence-electron chi connectivity index (χ0n) is 13.9. The van der Waals surface area contributed by atoms with Crippen LogP contribution in [0.5, 0.6) is 5.75 Å². The molecule has 2 aromatic heterocycles. The van der Waals surface area contributed by atoms with Crippen LogP contribution in [-0.4, -0.2) is 43.9 Å². The minimum Gasteiger partial charge on any atom is -0.505 e. The number of amides is 1. The van der Waals surface area contributed by atoms with Gasteiger partial charge in [-0.1, -0.05) is 13.8 Å². The zero-order chi connectivity index (χ0) is 17.1. The molecule has 0 fully saturated rings. The van der Waals surface area contributed by atoms with Crippen LogP contribution in [0.2, 0.25) is 0 Å². The van der Waals surface area contributed by atoms with E-state index >= 15 is 0 Å². The summed E-state index contributed by atoms with van der Waals surface area (Å²) in [5.41, 5.74) is 0.0143. The number of carbonyl (C=O) groups excluding carboxylic acids is 1. The van der Waals surface area contributed by atoms with Crippen LogP contribution < -0.4 is 10.6 Å². The largest absolute Gasteiger partial charge is 0.505 e. The van der Waals surface area contributed by atoms with Crippen molar-refractivity contribution in [2.24, 2.45) is 5.92 Å². The van der Waals surface area contributed by atoms with Gasteiger partial charge in [0.15, 0.2) is 11.5 Å². The molecule has 0 spiro atoms. The highest BCUT2D eigenvalue weighted by molar-refractivity contribution is 5.94. The van der Waals surface area contributed by atoms with Crippen LogP contribution in [0, 0.1) is 5.92 Å². The lowest BCUT2D eigenvalue weighted by molar-refractivity contribution is 0.0913. The summed E-state index contributed by atoms with van der Waals surface area (Å²) in [4.78, 5) is 16.5. The molecule has 8 nitrogen and oxygen atoms in total. The first-order valence-electron chi connectivity index (χ1n) is 8.15. The Bertz CT molecular complexity index is 727. The Hall–Kier alpha value is -2.48.